The molecular weight excluding hydrogens is 344 g/mol. The van der Waals surface area contributed by atoms with Gasteiger partial charge in [0.15, 0.2) is 0 Å². The van der Waals surface area contributed by atoms with Crippen LogP contribution in [-0.4, -0.2) is 30.4 Å². The van der Waals surface area contributed by atoms with Crippen LogP contribution in [0.3, 0.4) is 0 Å². The van der Waals surface area contributed by atoms with Gasteiger partial charge in [-0.2, -0.15) is 0 Å². The number of nitrogens with two attached hydrogens (primary N) is 1. The van der Waals surface area contributed by atoms with Crippen molar-refractivity contribution in [1.29, 1.82) is 0 Å². The molecule has 0 spiro atoms. The van der Waals surface area contributed by atoms with Crippen LogP contribution in [0.4, 0.5) is 0 Å². The summed E-state index contributed by atoms with van der Waals surface area (Å²) >= 11 is 0. The van der Waals surface area contributed by atoms with Crippen LogP contribution >= 0.6 is 0 Å². The number of piperidine rings is 1. The Bertz CT molecular complexity index is 758. The van der Waals surface area contributed by atoms with Crippen LogP contribution in [0.5, 0.6) is 0 Å². The van der Waals surface area contributed by atoms with E-state index in [4.69, 9.17) is 5.73 Å². The highest BCUT2D eigenvalue weighted by molar-refractivity contribution is 5.92. The number of likely N-dealkylation sites (tertiary alicyclic amines) is 1. The highest BCUT2D eigenvalue weighted by Crippen LogP contribution is 2.42. The molecule has 28 heavy (non-hydrogen) atoms. The molecule has 0 aromatic heterocycles. The van der Waals surface area contributed by atoms with E-state index < -0.39 is 5.41 Å². The molecule has 3 heteroatoms. The van der Waals surface area contributed by atoms with E-state index in [9.17, 15) is 4.79 Å². The lowest BCUT2D eigenvalue weighted by molar-refractivity contribution is -0.122. The largest absolute Gasteiger partial charge is 0.369 e. The van der Waals surface area contributed by atoms with Crippen molar-refractivity contribution in [3.8, 4) is 0 Å². The van der Waals surface area contributed by atoms with Crippen LogP contribution in [-0.2, 0) is 10.2 Å². The van der Waals surface area contributed by atoms with Crippen molar-refractivity contribution >= 4 is 5.91 Å². The lowest BCUT2D eigenvalue weighted by atomic mass is 9.66. The molecule has 2 aromatic carbocycles. The van der Waals surface area contributed by atoms with E-state index in [2.05, 4.69) is 69.0 Å². The molecule has 2 N–H and O–H groups in total. The van der Waals surface area contributed by atoms with Crippen molar-refractivity contribution in [3.63, 3.8) is 0 Å². The molecule has 0 radical (unpaired) electrons. The first-order chi connectivity index (χ1) is 13.4. The molecule has 150 valence electrons. The third-order valence-corrected chi connectivity index (χ3v) is 6.49. The highest BCUT2D eigenvalue weighted by atomic mass is 16.1. The average Bonchev–Trinajstić information content (AvgIpc) is 2.65. The maximum atomic E-state index is 13.3. The Kier molecular flexibility index (Phi) is 6.24. The lowest BCUT2D eigenvalue weighted by Gasteiger charge is -2.39. The Labute approximate surface area is 169 Å². The zero-order chi connectivity index (χ0) is 20.3. The van der Waals surface area contributed by atoms with Crippen LogP contribution in [0.15, 0.2) is 36.4 Å². The molecule has 1 fully saturated rings. The van der Waals surface area contributed by atoms with Crippen molar-refractivity contribution in [1.82, 2.24) is 4.90 Å². The van der Waals surface area contributed by atoms with E-state index >= 15 is 0 Å². The Morgan fingerprint density at radius 1 is 0.857 bits per heavy atom. The van der Waals surface area contributed by atoms with Crippen LogP contribution in [0, 0.1) is 27.7 Å². The van der Waals surface area contributed by atoms with Gasteiger partial charge in [-0.05, 0) is 100.0 Å². The number of primary amides is 1. The topological polar surface area (TPSA) is 46.3 Å². The second kappa shape index (κ2) is 8.48. The van der Waals surface area contributed by atoms with Crippen molar-refractivity contribution in [2.45, 2.75) is 58.8 Å². The van der Waals surface area contributed by atoms with Crippen LogP contribution in [0.1, 0.15) is 59.1 Å². The zero-order valence-corrected chi connectivity index (χ0v) is 17.8. The molecule has 0 saturated carbocycles. The molecule has 1 amide bonds. The normalized spacial score (nSPS) is 15.6. The summed E-state index contributed by atoms with van der Waals surface area (Å²) in [6, 6.07) is 12.6. The van der Waals surface area contributed by atoms with Crippen molar-refractivity contribution < 1.29 is 4.79 Å². The number of nitrogens with zero attached hydrogens (tertiary/aromatic N) is 1. The Morgan fingerprint density at radius 3 is 1.68 bits per heavy atom. The third-order valence-electron chi connectivity index (χ3n) is 6.49. The fraction of sp³-hybridized carbons (Fsp3) is 0.480. The summed E-state index contributed by atoms with van der Waals surface area (Å²) < 4.78 is 0. The van der Waals surface area contributed by atoms with E-state index in [1.807, 2.05) is 0 Å². The highest BCUT2D eigenvalue weighted by Gasteiger charge is 2.44. The lowest BCUT2D eigenvalue weighted by Crippen LogP contribution is -2.47. The number of rotatable bonds is 6. The monoisotopic (exact) mass is 378 g/mol. The fourth-order valence-electron chi connectivity index (χ4n) is 5.23. The molecule has 3 nitrogen and oxygen atoms in total. The van der Waals surface area contributed by atoms with E-state index in [0.717, 1.165) is 59.4 Å². The molecule has 0 atom stereocenters. The smallest absolute Gasteiger partial charge is 0.232 e. The van der Waals surface area contributed by atoms with Gasteiger partial charge >= 0.3 is 0 Å². The summed E-state index contributed by atoms with van der Waals surface area (Å²) in [6.07, 6.45) is 4.53. The third kappa shape index (κ3) is 3.73. The molecule has 1 aliphatic heterocycles. The maximum Gasteiger partial charge on any atom is 0.232 e. The summed E-state index contributed by atoms with van der Waals surface area (Å²) in [5, 5.41) is 0. The fourth-order valence-corrected chi connectivity index (χ4v) is 5.23. The minimum absolute atomic E-state index is 0.237. The number of carbonyl (C=O) groups excluding carboxylic acids is 1. The first kappa shape index (κ1) is 20.6. The molecule has 3 rings (SSSR count). The predicted molar refractivity (Wildman–Crippen MR) is 117 cm³/mol. The minimum Gasteiger partial charge on any atom is -0.369 e. The molecular formula is C25H34N2O. The van der Waals surface area contributed by atoms with Gasteiger partial charge in [-0.1, -0.05) is 42.8 Å². The average molecular weight is 379 g/mol. The molecule has 1 saturated heterocycles. The Balaban J connectivity index is 2.20. The van der Waals surface area contributed by atoms with E-state index in [0.29, 0.717) is 0 Å². The van der Waals surface area contributed by atoms with Crippen molar-refractivity contribution in [2.24, 2.45) is 5.73 Å². The molecule has 0 bridgehead atoms. The number of aryl methyl sites for hydroxylation is 4. The van der Waals surface area contributed by atoms with Gasteiger partial charge in [-0.3, -0.25) is 4.79 Å². The molecule has 0 aliphatic carbocycles. The zero-order valence-electron chi connectivity index (χ0n) is 17.8. The standard InChI is InChI=1S/C25H34N2O/c1-18-10-8-11-19(2)22(18)25(24(26)28,14-17-27-15-6-5-7-16-27)23-20(3)12-9-13-21(23)4/h8-13H,5-7,14-17H2,1-4H3,(H2,26,28). The summed E-state index contributed by atoms with van der Waals surface area (Å²) in [4.78, 5) is 15.8. The van der Waals surface area contributed by atoms with Gasteiger partial charge in [-0.25, -0.2) is 0 Å². The Hall–Kier alpha value is -2.13. The second-order valence-electron chi connectivity index (χ2n) is 8.46. The van der Waals surface area contributed by atoms with Gasteiger partial charge in [0.2, 0.25) is 5.91 Å². The molecule has 1 aliphatic rings. The van der Waals surface area contributed by atoms with Crippen molar-refractivity contribution in [2.75, 3.05) is 19.6 Å². The Morgan fingerprint density at radius 2 is 1.29 bits per heavy atom. The second-order valence-corrected chi connectivity index (χ2v) is 8.46. The number of hydrogen-bond donors (Lipinski definition) is 1. The number of hydrogen-bond acceptors (Lipinski definition) is 2. The molecule has 2 aromatic rings. The summed E-state index contributed by atoms with van der Waals surface area (Å²) in [7, 11) is 0. The van der Waals surface area contributed by atoms with Gasteiger partial charge in [0.05, 0.1) is 0 Å². The maximum absolute atomic E-state index is 13.3. The van der Waals surface area contributed by atoms with Crippen LogP contribution in [0.25, 0.3) is 0 Å². The predicted octanol–water partition coefficient (Wildman–Crippen LogP) is 4.57. The molecule has 1 heterocycles. The van der Waals surface area contributed by atoms with E-state index in [-0.39, 0.29) is 5.91 Å². The first-order valence-electron chi connectivity index (χ1n) is 10.5. The summed E-state index contributed by atoms with van der Waals surface area (Å²) in [5.41, 5.74) is 12.2. The van der Waals surface area contributed by atoms with Gasteiger partial charge in [0.25, 0.3) is 0 Å². The van der Waals surface area contributed by atoms with Gasteiger partial charge in [-0.15, -0.1) is 0 Å². The van der Waals surface area contributed by atoms with Crippen LogP contribution in [0.2, 0.25) is 0 Å². The number of carbonyl (C=O) groups is 1. The summed E-state index contributed by atoms with van der Waals surface area (Å²) in [5.74, 6) is -0.237. The number of benzene rings is 2. The van der Waals surface area contributed by atoms with Gasteiger partial charge < -0.3 is 10.6 Å². The van der Waals surface area contributed by atoms with E-state index in [1.165, 1.54) is 19.3 Å². The first-order valence-corrected chi connectivity index (χ1v) is 10.5. The summed E-state index contributed by atoms with van der Waals surface area (Å²) in [6.45, 7) is 11.6. The van der Waals surface area contributed by atoms with Gasteiger partial charge in [0.1, 0.15) is 5.41 Å². The molecule has 0 unspecified atom stereocenters. The van der Waals surface area contributed by atoms with Crippen molar-refractivity contribution in [3.05, 3.63) is 69.8 Å². The van der Waals surface area contributed by atoms with E-state index in [1.54, 1.807) is 0 Å². The van der Waals surface area contributed by atoms with Crippen LogP contribution < -0.4 is 5.73 Å². The van der Waals surface area contributed by atoms with Gasteiger partial charge in [0, 0.05) is 0 Å². The number of amides is 1. The quantitative estimate of drug-likeness (QED) is 0.800. The SMILES string of the molecule is Cc1cccc(C)c1C(CCN1CCCCC1)(C(N)=O)c1c(C)cccc1C. The minimum atomic E-state index is -0.803.